The number of halogens is 1. The zero-order valence-corrected chi connectivity index (χ0v) is 16.6. The van der Waals surface area contributed by atoms with Gasteiger partial charge in [-0.1, -0.05) is 34.1 Å². The molecule has 0 spiro atoms. The summed E-state index contributed by atoms with van der Waals surface area (Å²) >= 11 is 3.65. The fraction of sp³-hybridized carbons (Fsp3) is 0.476. The summed E-state index contributed by atoms with van der Waals surface area (Å²) in [5.41, 5.74) is 1.00. The summed E-state index contributed by atoms with van der Waals surface area (Å²) in [5.74, 6) is 0.145. The van der Waals surface area contributed by atoms with Crippen LogP contribution >= 0.6 is 15.9 Å². The van der Waals surface area contributed by atoms with Gasteiger partial charge in [-0.25, -0.2) is 0 Å². The molecule has 2 aliphatic rings. The van der Waals surface area contributed by atoms with Crippen LogP contribution in [0.4, 0.5) is 0 Å². The number of ketones is 1. The van der Waals surface area contributed by atoms with Gasteiger partial charge >= 0.3 is 5.97 Å². The Kier molecular flexibility index (Phi) is 4.81. The van der Waals surface area contributed by atoms with E-state index >= 15 is 0 Å². The molecule has 2 aromatic rings. The molecule has 27 heavy (non-hydrogen) atoms. The van der Waals surface area contributed by atoms with Crippen LogP contribution in [0.1, 0.15) is 42.5 Å². The van der Waals surface area contributed by atoms with E-state index in [1.54, 1.807) is 6.20 Å². The van der Waals surface area contributed by atoms with Gasteiger partial charge in [0.15, 0.2) is 6.61 Å². The van der Waals surface area contributed by atoms with Gasteiger partial charge in [-0.05, 0) is 37.7 Å². The molecular weight excluding hydrogens is 408 g/mol. The number of esters is 1. The highest BCUT2D eigenvalue weighted by Gasteiger charge is 2.56. The maximum Gasteiger partial charge on any atom is 0.313 e. The SMILES string of the molecule is N#CCCn1cc(C(=O)COC(=O)[C@@]23CC[C@@H](C[C@H]2Br)C3)c2ccccc21. The Hall–Kier alpha value is -2.13. The Morgan fingerprint density at radius 3 is 2.89 bits per heavy atom. The fourth-order valence-electron chi connectivity index (χ4n) is 4.68. The molecular formula is C21H21BrN2O3. The van der Waals surface area contributed by atoms with Gasteiger partial charge in [-0.15, -0.1) is 0 Å². The summed E-state index contributed by atoms with van der Waals surface area (Å²) in [7, 11) is 0. The first-order valence-electron chi connectivity index (χ1n) is 9.34. The normalized spacial score (nSPS) is 26.2. The zero-order valence-electron chi connectivity index (χ0n) is 15.0. The third-order valence-electron chi connectivity index (χ3n) is 6.09. The van der Waals surface area contributed by atoms with Crippen molar-refractivity contribution in [1.82, 2.24) is 4.57 Å². The monoisotopic (exact) mass is 428 g/mol. The van der Waals surface area contributed by atoms with Crippen LogP contribution in [0, 0.1) is 22.7 Å². The van der Waals surface area contributed by atoms with Gasteiger partial charge in [0.25, 0.3) is 0 Å². The molecule has 2 fully saturated rings. The molecule has 0 amide bonds. The van der Waals surface area contributed by atoms with Gasteiger partial charge in [-0.3, -0.25) is 9.59 Å². The van der Waals surface area contributed by atoms with Crippen molar-refractivity contribution in [1.29, 1.82) is 5.26 Å². The van der Waals surface area contributed by atoms with Crippen LogP contribution < -0.4 is 0 Å². The molecule has 2 aliphatic carbocycles. The van der Waals surface area contributed by atoms with Gasteiger partial charge in [0.1, 0.15) is 0 Å². The average Bonchev–Trinajstić information content (AvgIpc) is 3.35. The Bertz CT molecular complexity index is 945. The number of nitriles is 1. The van der Waals surface area contributed by atoms with E-state index in [1.165, 1.54) is 0 Å². The lowest BCUT2D eigenvalue weighted by molar-refractivity contribution is -0.153. The second-order valence-electron chi connectivity index (χ2n) is 7.63. The molecule has 6 heteroatoms. The maximum absolute atomic E-state index is 12.8. The largest absolute Gasteiger partial charge is 0.457 e. The van der Waals surface area contributed by atoms with Crippen LogP contribution in [0.2, 0.25) is 0 Å². The second-order valence-corrected chi connectivity index (χ2v) is 8.73. The van der Waals surface area contributed by atoms with Crippen molar-refractivity contribution in [2.45, 2.75) is 43.5 Å². The topological polar surface area (TPSA) is 72.1 Å². The Labute approximate surface area is 166 Å². The molecule has 5 nitrogen and oxygen atoms in total. The first-order valence-corrected chi connectivity index (χ1v) is 10.3. The van der Waals surface area contributed by atoms with Crippen molar-refractivity contribution in [2.24, 2.45) is 11.3 Å². The highest BCUT2D eigenvalue weighted by atomic mass is 79.9. The second kappa shape index (κ2) is 7.12. The Morgan fingerprint density at radius 1 is 1.37 bits per heavy atom. The predicted octanol–water partition coefficient (Wildman–Crippen LogP) is 4.23. The molecule has 0 N–H and O–H groups in total. The summed E-state index contributed by atoms with van der Waals surface area (Å²) in [6.07, 6.45) is 5.92. The summed E-state index contributed by atoms with van der Waals surface area (Å²) in [5, 5.41) is 9.67. The van der Waals surface area contributed by atoms with Crippen LogP contribution in [-0.4, -0.2) is 27.8 Å². The summed E-state index contributed by atoms with van der Waals surface area (Å²) in [4.78, 5) is 25.7. The molecule has 1 aromatic heterocycles. The summed E-state index contributed by atoms with van der Waals surface area (Å²) in [6.45, 7) is 0.289. The van der Waals surface area contributed by atoms with E-state index in [4.69, 9.17) is 10.00 Å². The van der Waals surface area contributed by atoms with E-state index in [2.05, 4.69) is 22.0 Å². The molecule has 0 unspecified atom stereocenters. The minimum Gasteiger partial charge on any atom is -0.457 e. The number of Topliss-reactive ketones (excluding diaryl/α,β-unsaturated/α-hetero) is 1. The van der Waals surface area contributed by atoms with Crippen LogP contribution in [0.5, 0.6) is 0 Å². The third-order valence-corrected chi connectivity index (χ3v) is 7.34. The van der Waals surface area contributed by atoms with Crippen LogP contribution in [-0.2, 0) is 16.1 Å². The number of carbonyl (C=O) groups is 2. The third kappa shape index (κ3) is 3.08. The summed E-state index contributed by atoms with van der Waals surface area (Å²) < 4.78 is 7.41. The first-order chi connectivity index (χ1) is 13.0. The number of ether oxygens (including phenoxy) is 1. The lowest BCUT2D eigenvalue weighted by Crippen LogP contribution is -2.37. The molecule has 0 radical (unpaired) electrons. The fourth-order valence-corrected chi connectivity index (χ4v) is 5.81. The van der Waals surface area contributed by atoms with E-state index in [0.29, 0.717) is 24.4 Å². The van der Waals surface area contributed by atoms with Crippen molar-refractivity contribution in [3.63, 3.8) is 0 Å². The minimum atomic E-state index is -0.453. The van der Waals surface area contributed by atoms with Gasteiger partial charge in [0.05, 0.1) is 17.9 Å². The van der Waals surface area contributed by atoms with Gasteiger partial charge in [-0.2, -0.15) is 5.26 Å². The van der Waals surface area contributed by atoms with E-state index in [9.17, 15) is 9.59 Å². The molecule has 3 atom stereocenters. The van der Waals surface area contributed by atoms with E-state index < -0.39 is 5.41 Å². The summed E-state index contributed by atoms with van der Waals surface area (Å²) in [6, 6.07) is 9.74. The van der Waals surface area contributed by atoms with Gasteiger partial charge < -0.3 is 9.30 Å². The molecule has 2 saturated carbocycles. The van der Waals surface area contributed by atoms with Crippen molar-refractivity contribution < 1.29 is 14.3 Å². The van der Waals surface area contributed by atoms with E-state index in [0.717, 1.165) is 36.6 Å². The van der Waals surface area contributed by atoms with Crippen molar-refractivity contribution in [3.05, 3.63) is 36.0 Å². The molecule has 1 aromatic carbocycles. The number of nitrogens with zero attached hydrogens (tertiary/aromatic N) is 2. The zero-order chi connectivity index (χ0) is 19.0. The number of rotatable bonds is 6. The molecule has 0 saturated heterocycles. The van der Waals surface area contributed by atoms with Crippen molar-refractivity contribution in [2.75, 3.05) is 6.61 Å². The Morgan fingerprint density at radius 2 is 2.19 bits per heavy atom. The van der Waals surface area contributed by atoms with Crippen LogP contribution in [0.25, 0.3) is 10.9 Å². The number of para-hydroxylation sites is 1. The Balaban J connectivity index is 1.50. The van der Waals surface area contributed by atoms with Crippen molar-refractivity contribution >= 4 is 38.6 Å². The standard InChI is InChI=1S/C21H21BrN2O3/c22-19-10-14-6-7-21(19,11-14)20(26)27-13-18(25)16-12-24(9-3-8-23)17-5-2-1-4-15(16)17/h1-2,4-5,12,14,19H,3,6-7,9-11,13H2/t14-,19+,21+/m0/s1. The number of hydrogen-bond donors (Lipinski definition) is 0. The number of aryl methyl sites for hydroxylation is 1. The number of carbonyl (C=O) groups excluding carboxylic acids is 2. The lowest BCUT2D eigenvalue weighted by Gasteiger charge is -2.28. The quantitative estimate of drug-likeness (QED) is 0.391. The first kappa shape index (κ1) is 18.2. The molecule has 4 rings (SSSR count). The van der Waals surface area contributed by atoms with Gasteiger partial charge in [0, 0.05) is 34.0 Å². The molecule has 140 valence electrons. The smallest absolute Gasteiger partial charge is 0.313 e. The van der Waals surface area contributed by atoms with E-state index in [1.807, 2.05) is 28.8 Å². The van der Waals surface area contributed by atoms with E-state index in [-0.39, 0.29) is 23.2 Å². The molecule has 2 bridgehead atoms. The predicted molar refractivity (Wildman–Crippen MR) is 105 cm³/mol. The number of benzene rings is 1. The lowest BCUT2D eigenvalue weighted by atomic mass is 9.84. The average molecular weight is 429 g/mol. The minimum absolute atomic E-state index is 0.152. The highest BCUT2D eigenvalue weighted by Crippen LogP contribution is 2.57. The van der Waals surface area contributed by atoms with Crippen LogP contribution in [0.3, 0.4) is 0 Å². The maximum atomic E-state index is 12.8. The molecule has 0 aliphatic heterocycles. The number of aromatic nitrogens is 1. The number of hydrogen-bond acceptors (Lipinski definition) is 4. The molecule has 1 heterocycles. The number of fused-ring (bicyclic) bond motifs is 3. The number of alkyl halides is 1. The van der Waals surface area contributed by atoms with Crippen molar-refractivity contribution in [3.8, 4) is 6.07 Å². The van der Waals surface area contributed by atoms with Crippen LogP contribution in [0.15, 0.2) is 30.5 Å². The van der Waals surface area contributed by atoms with Gasteiger partial charge in [0.2, 0.25) is 5.78 Å². The highest BCUT2D eigenvalue weighted by molar-refractivity contribution is 9.09.